The van der Waals surface area contributed by atoms with Crippen molar-refractivity contribution in [1.82, 2.24) is 10.6 Å². The molecule has 0 aliphatic heterocycles. The molecule has 1 heterocycles. The Hall–Kier alpha value is -1.59. The maximum atomic E-state index is 11.6. The number of ether oxygens (including phenoxy) is 1. The first-order valence-corrected chi connectivity index (χ1v) is 7.57. The second-order valence-corrected chi connectivity index (χ2v) is 5.67. The van der Waals surface area contributed by atoms with Gasteiger partial charge in [0.2, 0.25) is 0 Å². The van der Waals surface area contributed by atoms with Crippen molar-refractivity contribution in [3.8, 4) is 0 Å². The lowest BCUT2D eigenvalue weighted by atomic mass is 10.1. The number of amides is 2. The van der Waals surface area contributed by atoms with Gasteiger partial charge in [0.15, 0.2) is 0 Å². The zero-order valence-electron chi connectivity index (χ0n) is 11.8. The maximum absolute atomic E-state index is 11.6. The first kappa shape index (κ1) is 14.8. The van der Waals surface area contributed by atoms with Crippen molar-refractivity contribution in [3.05, 3.63) is 35.2 Å². The monoisotopic (exact) mass is 292 g/mol. The van der Waals surface area contributed by atoms with Crippen LogP contribution in [0.15, 0.2) is 29.6 Å². The minimum Gasteiger partial charge on any atom is -0.383 e. The molecule has 0 unspecified atom stereocenters. The SMILES string of the molecule is COCCNC(=O)N[C@H](C)Cc1csc2ccccc12. The zero-order chi connectivity index (χ0) is 14.4. The van der Waals surface area contributed by atoms with Crippen LogP contribution in [0, 0.1) is 0 Å². The Morgan fingerprint density at radius 2 is 2.20 bits per heavy atom. The summed E-state index contributed by atoms with van der Waals surface area (Å²) in [6.45, 7) is 3.07. The maximum Gasteiger partial charge on any atom is 0.315 e. The lowest BCUT2D eigenvalue weighted by Crippen LogP contribution is -2.42. The number of rotatable bonds is 6. The fourth-order valence-corrected chi connectivity index (χ4v) is 3.09. The van der Waals surface area contributed by atoms with Gasteiger partial charge in [-0.1, -0.05) is 18.2 Å². The summed E-state index contributed by atoms with van der Waals surface area (Å²) in [5.74, 6) is 0. The van der Waals surface area contributed by atoms with E-state index < -0.39 is 0 Å². The van der Waals surface area contributed by atoms with Gasteiger partial charge < -0.3 is 15.4 Å². The van der Waals surface area contributed by atoms with Crippen molar-refractivity contribution in [2.24, 2.45) is 0 Å². The Labute approximate surface area is 123 Å². The highest BCUT2D eigenvalue weighted by atomic mass is 32.1. The molecule has 0 saturated carbocycles. The van der Waals surface area contributed by atoms with Gasteiger partial charge in [0.1, 0.15) is 0 Å². The molecule has 20 heavy (non-hydrogen) atoms. The minimum absolute atomic E-state index is 0.0931. The third-order valence-electron chi connectivity index (χ3n) is 3.06. The molecule has 1 atom stereocenters. The number of nitrogens with one attached hydrogen (secondary N) is 2. The molecule has 4 nitrogen and oxygen atoms in total. The molecule has 0 radical (unpaired) electrons. The van der Waals surface area contributed by atoms with Crippen LogP contribution in [0.1, 0.15) is 12.5 Å². The summed E-state index contributed by atoms with van der Waals surface area (Å²) in [6, 6.07) is 8.30. The summed E-state index contributed by atoms with van der Waals surface area (Å²) < 4.78 is 6.18. The molecule has 0 fully saturated rings. The van der Waals surface area contributed by atoms with E-state index in [2.05, 4.69) is 28.1 Å². The molecule has 1 aromatic carbocycles. The summed E-state index contributed by atoms with van der Waals surface area (Å²) in [7, 11) is 1.61. The highest BCUT2D eigenvalue weighted by Gasteiger charge is 2.10. The standard InChI is InChI=1S/C15H20N2O2S/c1-11(17-15(18)16-7-8-19-2)9-12-10-20-14-6-4-3-5-13(12)14/h3-6,10-11H,7-9H2,1-2H3,(H2,16,17,18)/t11-/m1/s1. The lowest BCUT2D eigenvalue weighted by Gasteiger charge is -2.14. The van der Waals surface area contributed by atoms with E-state index >= 15 is 0 Å². The van der Waals surface area contributed by atoms with Gasteiger partial charge in [-0.05, 0) is 35.7 Å². The van der Waals surface area contributed by atoms with E-state index in [4.69, 9.17) is 4.74 Å². The quantitative estimate of drug-likeness (QED) is 0.804. The van der Waals surface area contributed by atoms with E-state index in [-0.39, 0.29) is 12.1 Å². The van der Waals surface area contributed by atoms with Crippen LogP contribution < -0.4 is 10.6 Å². The number of hydrogen-bond donors (Lipinski definition) is 2. The third kappa shape index (κ3) is 3.95. The molecule has 0 spiro atoms. The second kappa shape index (κ2) is 7.26. The van der Waals surface area contributed by atoms with Crippen molar-refractivity contribution in [2.45, 2.75) is 19.4 Å². The molecule has 0 aliphatic carbocycles. The topological polar surface area (TPSA) is 50.4 Å². The van der Waals surface area contributed by atoms with Crippen LogP contribution in [0.2, 0.25) is 0 Å². The highest BCUT2D eigenvalue weighted by Crippen LogP contribution is 2.26. The number of fused-ring (bicyclic) bond motifs is 1. The summed E-state index contributed by atoms with van der Waals surface area (Å²) in [5, 5.41) is 9.16. The first-order chi connectivity index (χ1) is 9.70. The van der Waals surface area contributed by atoms with Crippen molar-refractivity contribution in [1.29, 1.82) is 0 Å². The van der Waals surface area contributed by atoms with E-state index in [1.165, 1.54) is 15.6 Å². The average Bonchev–Trinajstić information content (AvgIpc) is 2.82. The lowest BCUT2D eigenvalue weighted by molar-refractivity contribution is 0.195. The van der Waals surface area contributed by atoms with Gasteiger partial charge in [-0.25, -0.2) is 4.79 Å². The largest absolute Gasteiger partial charge is 0.383 e. The predicted octanol–water partition coefficient (Wildman–Crippen LogP) is 2.78. The van der Waals surface area contributed by atoms with Gasteiger partial charge >= 0.3 is 6.03 Å². The molecular formula is C15H20N2O2S. The molecule has 108 valence electrons. The molecule has 5 heteroatoms. The van der Waals surface area contributed by atoms with Crippen LogP contribution in [0.3, 0.4) is 0 Å². The van der Waals surface area contributed by atoms with Crippen molar-refractivity contribution >= 4 is 27.5 Å². The van der Waals surface area contributed by atoms with Crippen LogP contribution in [0.5, 0.6) is 0 Å². The normalized spacial score (nSPS) is 12.3. The molecular weight excluding hydrogens is 272 g/mol. The molecule has 2 rings (SSSR count). The van der Waals surface area contributed by atoms with Crippen LogP contribution in [-0.4, -0.2) is 32.3 Å². The van der Waals surface area contributed by atoms with Crippen molar-refractivity contribution < 1.29 is 9.53 Å². The number of benzene rings is 1. The summed E-state index contributed by atoms with van der Waals surface area (Å²) >= 11 is 1.75. The molecule has 2 aromatic rings. The van der Waals surface area contributed by atoms with Crippen LogP contribution in [0.25, 0.3) is 10.1 Å². The van der Waals surface area contributed by atoms with Crippen LogP contribution >= 0.6 is 11.3 Å². The number of methoxy groups -OCH3 is 1. The van der Waals surface area contributed by atoms with E-state index in [0.717, 1.165) is 6.42 Å². The Bertz CT molecular complexity index is 568. The summed E-state index contributed by atoms with van der Waals surface area (Å²) in [6.07, 6.45) is 0.835. The van der Waals surface area contributed by atoms with E-state index in [0.29, 0.717) is 13.2 Å². The second-order valence-electron chi connectivity index (χ2n) is 4.76. The zero-order valence-corrected chi connectivity index (χ0v) is 12.6. The summed E-state index contributed by atoms with van der Waals surface area (Å²) in [4.78, 5) is 11.6. The highest BCUT2D eigenvalue weighted by molar-refractivity contribution is 7.17. The fourth-order valence-electron chi connectivity index (χ4n) is 2.11. The molecule has 0 aliphatic rings. The Morgan fingerprint density at radius 1 is 1.40 bits per heavy atom. The number of carbonyl (C=O) groups excluding carboxylic acids is 1. The smallest absolute Gasteiger partial charge is 0.315 e. The fraction of sp³-hybridized carbons (Fsp3) is 0.400. The Morgan fingerprint density at radius 3 is 3.00 bits per heavy atom. The predicted molar refractivity (Wildman–Crippen MR) is 83.4 cm³/mol. The van der Waals surface area contributed by atoms with Gasteiger partial charge in [0, 0.05) is 24.4 Å². The van der Waals surface area contributed by atoms with Gasteiger partial charge in [-0.2, -0.15) is 0 Å². The first-order valence-electron chi connectivity index (χ1n) is 6.69. The molecule has 2 amide bonds. The van der Waals surface area contributed by atoms with E-state index in [1.807, 2.05) is 19.1 Å². The van der Waals surface area contributed by atoms with Gasteiger partial charge in [0.05, 0.1) is 6.61 Å². The third-order valence-corrected chi connectivity index (χ3v) is 4.07. The van der Waals surface area contributed by atoms with Crippen LogP contribution in [-0.2, 0) is 11.2 Å². The number of thiophene rings is 1. The minimum atomic E-state index is -0.144. The Kier molecular flexibility index (Phi) is 5.38. The average molecular weight is 292 g/mol. The van der Waals surface area contributed by atoms with E-state index in [9.17, 15) is 4.79 Å². The number of urea groups is 1. The van der Waals surface area contributed by atoms with Crippen LogP contribution in [0.4, 0.5) is 4.79 Å². The van der Waals surface area contributed by atoms with Crippen molar-refractivity contribution in [3.63, 3.8) is 0 Å². The van der Waals surface area contributed by atoms with Gasteiger partial charge in [-0.3, -0.25) is 0 Å². The molecule has 1 aromatic heterocycles. The van der Waals surface area contributed by atoms with Gasteiger partial charge in [-0.15, -0.1) is 11.3 Å². The number of hydrogen-bond acceptors (Lipinski definition) is 3. The number of carbonyl (C=O) groups is 1. The van der Waals surface area contributed by atoms with Gasteiger partial charge in [0.25, 0.3) is 0 Å². The van der Waals surface area contributed by atoms with Crippen molar-refractivity contribution in [2.75, 3.05) is 20.3 Å². The molecule has 0 bridgehead atoms. The molecule has 0 saturated heterocycles. The molecule has 2 N–H and O–H groups in total. The Balaban J connectivity index is 1.88. The summed E-state index contributed by atoms with van der Waals surface area (Å²) in [5.41, 5.74) is 1.29. The van der Waals surface area contributed by atoms with E-state index in [1.54, 1.807) is 18.4 Å².